The van der Waals surface area contributed by atoms with Crippen molar-refractivity contribution in [3.63, 3.8) is 0 Å². The van der Waals surface area contributed by atoms with Crippen LogP contribution in [0.3, 0.4) is 0 Å². The van der Waals surface area contributed by atoms with Crippen molar-refractivity contribution in [2.24, 2.45) is 0 Å². The molecule has 10 nitrogen and oxygen atoms in total. The monoisotopic (exact) mass is 620 g/mol. The minimum absolute atomic E-state index is 0.00911. The number of alkyl halides is 1. The molecular formula is C29H26BrFN6O4. The third-order valence-corrected chi connectivity index (χ3v) is 7.15. The fraction of sp³-hybridized carbons (Fsp3) is 0.276. The summed E-state index contributed by atoms with van der Waals surface area (Å²) in [7, 11) is 2.97. The number of benzene rings is 1. The zero-order valence-corrected chi connectivity index (χ0v) is 23.9. The van der Waals surface area contributed by atoms with Crippen LogP contribution in [0.5, 0.6) is 12.0 Å². The highest BCUT2D eigenvalue weighted by atomic mass is 79.9. The Bertz CT molecular complexity index is 1490. The first-order valence-electron chi connectivity index (χ1n) is 12.8. The van der Waals surface area contributed by atoms with Crippen LogP contribution in [0.2, 0.25) is 0 Å². The van der Waals surface area contributed by atoms with Crippen LogP contribution >= 0.6 is 15.9 Å². The molecule has 0 spiro atoms. The maximum atomic E-state index is 14.6. The second-order valence-electron chi connectivity index (χ2n) is 9.50. The topological polar surface area (TPSA) is 120 Å². The zero-order chi connectivity index (χ0) is 28.9. The van der Waals surface area contributed by atoms with E-state index in [1.54, 1.807) is 43.0 Å². The quantitative estimate of drug-likeness (QED) is 0.255. The lowest BCUT2D eigenvalue weighted by Gasteiger charge is -2.23. The molecule has 0 radical (unpaired) electrons. The van der Waals surface area contributed by atoms with Gasteiger partial charge in [0.25, 0.3) is 0 Å². The largest absolute Gasteiger partial charge is 0.467 e. The first kappa shape index (κ1) is 28.2. The van der Waals surface area contributed by atoms with Gasteiger partial charge in [-0.2, -0.15) is 0 Å². The van der Waals surface area contributed by atoms with Crippen LogP contribution in [0.1, 0.15) is 17.7 Å². The highest BCUT2D eigenvalue weighted by Crippen LogP contribution is 2.30. The first-order chi connectivity index (χ1) is 19.8. The Morgan fingerprint density at radius 1 is 0.902 bits per heavy atom. The molecular weight excluding hydrogens is 595 g/mol. The molecule has 12 heteroatoms. The van der Waals surface area contributed by atoms with Gasteiger partial charge in [-0.05, 0) is 50.8 Å². The number of halogens is 2. The Labute approximate surface area is 244 Å². The smallest absolute Gasteiger partial charge is 0.316 e. The van der Waals surface area contributed by atoms with Crippen molar-refractivity contribution in [3.05, 3.63) is 77.0 Å². The molecule has 0 saturated carbocycles. The summed E-state index contributed by atoms with van der Waals surface area (Å²) in [6.45, 7) is -0.133. The van der Waals surface area contributed by atoms with Gasteiger partial charge in [-0.15, -0.1) is 0 Å². The molecule has 1 saturated heterocycles. The SMILES string of the molecule is COc1ncc(-c2cc(CC(=O)N3C[C@H](F)C[C@H]3C(=O)Cc3cccc(Br)n3)cc(-c3cnc(OC)nc3)c2)cn1. The van der Waals surface area contributed by atoms with Gasteiger partial charge in [0.2, 0.25) is 5.91 Å². The van der Waals surface area contributed by atoms with E-state index >= 15 is 0 Å². The number of amides is 1. The van der Waals surface area contributed by atoms with Crippen molar-refractivity contribution < 1.29 is 23.5 Å². The van der Waals surface area contributed by atoms with Crippen LogP contribution in [0.4, 0.5) is 4.39 Å². The van der Waals surface area contributed by atoms with E-state index in [4.69, 9.17) is 9.47 Å². The maximum Gasteiger partial charge on any atom is 0.316 e. The van der Waals surface area contributed by atoms with Gasteiger partial charge in [-0.1, -0.05) is 18.2 Å². The van der Waals surface area contributed by atoms with Crippen molar-refractivity contribution in [3.8, 4) is 34.3 Å². The lowest BCUT2D eigenvalue weighted by atomic mass is 9.97. The Balaban J connectivity index is 1.43. The van der Waals surface area contributed by atoms with E-state index in [0.29, 0.717) is 27.0 Å². The molecule has 4 aromatic rings. The van der Waals surface area contributed by atoms with E-state index in [1.165, 1.54) is 19.1 Å². The van der Waals surface area contributed by atoms with Crippen molar-refractivity contribution >= 4 is 27.6 Å². The van der Waals surface area contributed by atoms with E-state index < -0.39 is 12.2 Å². The average molecular weight is 621 g/mol. The van der Waals surface area contributed by atoms with Crippen molar-refractivity contribution in [1.29, 1.82) is 0 Å². The standard InChI is InChI=1S/C29H26BrFN6O4/c1-40-28-32-12-20(13-33-28)18-6-17(7-19(9-18)21-14-34-29(41-2)35-15-21)8-27(39)37-16-22(31)10-24(37)25(38)11-23-4-3-5-26(30)36-23/h3-7,9,12-15,22,24H,8,10-11,16H2,1-2H3/t22-,24+/m1/s1. The summed E-state index contributed by atoms with van der Waals surface area (Å²) in [5.41, 5.74) is 4.13. The fourth-order valence-corrected chi connectivity index (χ4v) is 5.14. The fourth-order valence-electron chi connectivity index (χ4n) is 4.76. The molecule has 3 aromatic heterocycles. The molecule has 1 aromatic carbocycles. The lowest BCUT2D eigenvalue weighted by molar-refractivity contribution is -0.136. The molecule has 0 N–H and O–H groups in total. The van der Waals surface area contributed by atoms with Gasteiger partial charge in [0.15, 0.2) is 5.78 Å². The van der Waals surface area contributed by atoms with Gasteiger partial charge < -0.3 is 14.4 Å². The third kappa shape index (κ3) is 6.71. The van der Waals surface area contributed by atoms with Gasteiger partial charge in [0.1, 0.15) is 10.8 Å². The number of methoxy groups -OCH3 is 2. The number of hydrogen-bond acceptors (Lipinski definition) is 9. The molecule has 2 atom stereocenters. The van der Waals surface area contributed by atoms with Gasteiger partial charge in [-0.3, -0.25) is 9.59 Å². The Morgan fingerprint density at radius 2 is 1.49 bits per heavy atom. The maximum absolute atomic E-state index is 14.6. The molecule has 41 heavy (non-hydrogen) atoms. The Morgan fingerprint density at radius 3 is 2.02 bits per heavy atom. The summed E-state index contributed by atoms with van der Waals surface area (Å²) in [6.07, 6.45) is 5.16. The summed E-state index contributed by atoms with van der Waals surface area (Å²) < 4.78 is 25.3. The molecule has 210 valence electrons. The Hall–Kier alpha value is -4.32. The number of pyridine rings is 1. The number of likely N-dealkylation sites (tertiary alicyclic amines) is 1. The van der Waals surface area contributed by atoms with E-state index in [-0.39, 0.29) is 49.5 Å². The second kappa shape index (κ2) is 12.5. The van der Waals surface area contributed by atoms with Crippen LogP contribution in [-0.4, -0.2) is 74.5 Å². The summed E-state index contributed by atoms with van der Waals surface area (Å²) in [4.78, 5) is 49.1. The number of rotatable bonds is 9. The molecule has 1 fully saturated rings. The number of ether oxygens (including phenoxy) is 2. The van der Waals surface area contributed by atoms with Crippen LogP contribution < -0.4 is 9.47 Å². The molecule has 4 heterocycles. The Kier molecular flexibility index (Phi) is 8.58. The predicted octanol–water partition coefficient (Wildman–Crippen LogP) is 4.07. The van der Waals surface area contributed by atoms with E-state index in [1.807, 2.05) is 18.2 Å². The predicted molar refractivity (Wildman–Crippen MR) is 151 cm³/mol. The number of aromatic nitrogens is 5. The lowest BCUT2D eigenvalue weighted by Crippen LogP contribution is -2.42. The normalized spacial score (nSPS) is 16.4. The van der Waals surface area contributed by atoms with Crippen molar-refractivity contribution in [2.75, 3.05) is 20.8 Å². The second-order valence-corrected chi connectivity index (χ2v) is 10.3. The van der Waals surface area contributed by atoms with Crippen molar-refractivity contribution in [1.82, 2.24) is 29.8 Å². The van der Waals surface area contributed by atoms with Gasteiger partial charge in [-0.25, -0.2) is 29.3 Å². The van der Waals surface area contributed by atoms with E-state index in [0.717, 1.165) is 11.1 Å². The molecule has 1 aliphatic rings. The summed E-state index contributed by atoms with van der Waals surface area (Å²) in [6, 6.07) is 10.5. The summed E-state index contributed by atoms with van der Waals surface area (Å²) in [5, 5.41) is 0. The number of hydrogen-bond donors (Lipinski definition) is 0. The van der Waals surface area contributed by atoms with Crippen LogP contribution in [-0.2, 0) is 22.4 Å². The number of nitrogens with zero attached hydrogens (tertiary/aromatic N) is 6. The summed E-state index contributed by atoms with van der Waals surface area (Å²) >= 11 is 3.30. The first-order valence-corrected chi connectivity index (χ1v) is 13.6. The minimum Gasteiger partial charge on any atom is -0.467 e. The average Bonchev–Trinajstić information content (AvgIpc) is 3.39. The molecule has 0 bridgehead atoms. The molecule has 0 aliphatic carbocycles. The van der Waals surface area contributed by atoms with Gasteiger partial charge in [0, 0.05) is 48.0 Å². The van der Waals surface area contributed by atoms with Gasteiger partial charge in [0.05, 0.1) is 39.6 Å². The minimum atomic E-state index is -1.28. The van der Waals surface area contributed by atoms with Crippen LogP contribution in [0, 0.1) is 0 Å². The van der Waals surface area contributed by atoms with Crippen LogP contribution in [0.15, 0.2) is 65.8 Å². The highest BCUT2D eigenvalue weighted by Gasteiger charge is 2.39. The van der Waals surface area contributed by atoms with Crippen LogP contribution in [0.25, 0.3) is 22.3 Å². The number of carbonyl (C=O) groups is 2. The molecule has 5 rings (SSSR count). The zero-order valence-electron chi connectivity index (χ0n) is 22.3. The van der Waals surface area contributed by atoms with Gasteiger partial charge >= 0.3 is 12.0 Å². The third-order valence-electron chi connectivity index (χ3n) is 6.71. The number of Topliss-reactive ketones (excluding diaryl/α,β-unsaturated/α-hetero) is 1. The number of carbonyl (C=O) groups excluding carboxylic acids is 2. The van der Waals surface area contributed by atoms with E-state index in [2.05, 4.69) is 40.8 Å². The van der Waals surface area contributed by atoms with E-state index in [9.17, 15) is 14.0 Å². The molecule has 0 unspecified atom stereocenters. The highest BCUT2D eigenvalue weighted by molar-refractivity contribution is 9.10. The summed E-state index contributed by atoms with van der Waals surface area (Å²) in [5.74, 6) is -0.588. The van der Waals surface area contributed by atoms with Crippen molar-refractivity contribution in [2.45, 2.75) is 31.5 Å². The molecule has 1 amide bonds. The number of ketones is 1. The molecule has 1 aliphatic heterocycles.